The molecule has 1 unspecified atom stereocenters. The van der Waals surface area contributed by atoms with Gasteiger partial charge in [-0.2, -0.15) is 10.2 Å². The van der Waals surface area contributed by atoms with E-state index in [-0.39, 0.29) is 0 Å². The number of nitrogens with zero attached hydrogens (tertiary/aromatic N) is 5. The summed E-state index contributed by atoms with van der Waals surface area (Å²) in [6.07, 6.45) is 9.05. The monoisotopic (exact) mass is 506 g/mol. The number of nitrogens with one attached hydrogen (secondary N) is 3. The van der Waals surface area contributed by atoms with E-state index >= 15 is 0 Å². The zero-order valence-corrected chi connectivity index (χ0v) is 20.8. The molecule has 4 aromatic rings. The van der Waals surface area contributed by atoms with E-state index in [0.29, 0.717) is 11.7 Å². The number of rotatable bonds is 11. The number of benzene rings is 2. The Morgan fingerprint density at radius 1 is 0.917 bits per heavy atom. The van der Waals surface area contributed by atoms with Gasteiger partial charge < -0.3 is 26.0 Å². The van der Waals surface area contributed by atoms with Crippen molar-refractivity contribution in [3.05, 3.63) is 83.9 Å². The van der Waals surface area contributed by atoms with Gasteiger partial charge in [-0.15, -0.1) is 0 Å². The van der Waals surface area contributed by atoms with Gasteiger partial charge in [0.25, 0.3) is 0 Å². The van der Waals surface area contributed by atoms with Gasteiger partial charge in [-0.1, -0.05) is 35.9 Å². The maximum atomic E-state index is 10.8. The van der Waals surface area contributed by atoms with E-state index in [2.05, 4.69) is 31.0 Å². The lowest BCUT2D eigenvalue weighted by Gasteiger charge is -2.15. The van der Waals surface area contributed by atoms with Crippen molar-refractivity contribution < 1.29 is 5.11 Å². The number of halogens is 1. The highest BCUT2D eigenvalue weighted by atomic mass is 35.5. The SMILES string of the molecule is OC(Nc1cnn(CCN2CCCC2)c1)c1cccc(-n2cc(NCNc3ccccc3Cl)cn2)c1. The zero-order chi connectivity index (χ0) is 24.7. The normalized spacial score (nSPS) is 14.6. The molecule has 3 heterocycles. The number of hydrogen-bond donors (Lipinski definition) is 4. The first kappa shape index (κ1) is 24.2. The smallest absolute Gasteiger partial charge is 0.150 e. The highest BCUT2D eigenvalue weighted by Gasteiger charge is 2.13. The predicted molar refractivity (Wildman–Crippen MR) is 144 cm³/mol. The quantitative estimate of drug-likeness (QED) is 0.224. The van der Waals surface area contributed by atoms with Gasteiger partial charge in [0.2, 0.25) is 0 Å². The Bertz CT molecular complexity index is 1270. The lowest BCUT2D eigenvalue weighted by Crippen LogP contribution is -2.24. The summed E-state index contributed by atoms with van der Waals surface area (Å²) in [5.41, 5.74) is 4.10. The molecule has 36 heavy (non-hydrogen) atoms. The number of likely N-dealkylation sites (tertiary alicyclic amines) is 1. The van der Waals surface area contributed by atoms with Gasteiger partial charge in [-0.25, -0.2) is 4.68 Å². The molecule has 1 aliphatic heterocycles. The van der Waals surface area contributed by atoms with Crippen LogP contribution in [0.4, 0.5) is 17.1 Å². The minimum atomic E-state index is -0.867. The molecule has 4 N–H and O–H groups in total. The first-order valence-electron chi connectivity index (χ1n) is 12.2. The molecule has 5 rings (SSSR count). The van der Waals surface area contributed by atoms with Crippen molar-refractivity contribution in [1.82, 2.24) is 24.5 Å². The Labute approximate surface area is 215 Å². The average molecular weight is 507 g/mol. The van der Waals surface area contributed by atoms with Crippen LogP contribution in [-0.4, -0.2) is 55.9 Å². The lowest BCUT2D eigenvalue weighted by molar-refractivity contribution is 0.208. The van der Waals surface area contributed by atoms with Crippen LogP contribution in [-0.2, 0) is 6.54 Å². The van der Waals surface area contributed by atoms with Gasteiger partial charge in [-0.3, -0.25) is 4.68 Å². The van der Waals surface area contributed by atoms with Crippen LogP contribution in [0.25, 0.3) is 5.69 Å². The van der Waals surface area contributed by atoms with E-state index in [4.69, 9.17) is 11.6 Å². The highest BCUT2D eigenvalue weighted by Crippen LogP contribution is 2.22. The summed E-state index contributed by atoms with van der Waals surface area (Å²) in [5.74, 6) is 0. The Hall–Kier alpha value is -3.53. The Morgan fingerprint density at radius 2 is 1.75 bits per heavy atom. The maximum absolute atomic E-state index is 10.8. The summed E-state index contributed by atoms with van der Waals surface area (Å²) in [4.78, 5) is 2.46. The molecular formula is C26H31ClN8O. The molecule has 0 radical (unpaired) electrons. The first-order valence-corrected chi connectivity index (χ1v) is 12.6. The van der Waals surface area contributed by atoms with Gasteiger partial charge in [0.05, 0.1) is 59.6 Å². The first-order chi connectivity index (χ1) is 17.6. The molecule has 1 saturated heterocycles. The minimum absolute atomic E-state index is 0.504. The molecule has 10 heteroatoms. The summed E-state index contributed by atoms with van der Waals surface area (Å²) < 4.78 is 3.69. The number of para-hydroxylation sites is 1. The van der Waals surface area contributed by atoms with Crippen LogP contribution in [0.1, 0.15) is 24.6 Å². The fraction of sp³-hybridized carbons (Fsp3) is 0.308. The Kier molecular flexibility index (Phi) is 7.70. The number of aliphatic hydroxyl groups is 1. The van der Waals surface area contributed by atoms with Crippen LogP contribution in [0.2, 0.25) is 5.02 Å². The molecule has 0 saturated carbocycles. The predicted octanol–water partition coefficient (Wildman–Crippen LogP) is 4.40. The van der Waals surface area contributed by atoms with Gasteiger partial charge in [0, 0.05) is 18.3 Å². The molecule has 9 nitrogen and oxygen atoms in total. The molecule has 188 valence electrons. The van der Waals surface area contributed by atoms with Gasteiger partial charge >= 0.3 is 0 Å². The van der Waals surface area contributed by atoms with Gasteiger partial charge in [0.1, 0.15) is 0 Å². The summed E-state index contributed by atoms with van der Waals surface area (Å²) in [6.45, 7) is 4.70. The molecule has 1 atom stereocenters. The van der Waals surface area contributed by atoms with E-state index in [0.717, 1.165) is 41.4 Å². The van der Waals surface area contributed by atoms with E-state index in [9.17, 15) is 5.11 Å². The number of aromatic nitrogens is 4. The third-order valence-corrected chi connectivity index (χ3v) is 6.59. The molecule has 0 amide bonds. The van der Waals surface area contributed by atoms with E-state index in [1.165, 1.54) is 25.9 Å². The highest BCUT2D eigenvalue weighted by molar-refractivity contribution is 6.33. The van der Waals surface area contributed by atoms with E-state index < -0.39 is 6.23 Å². The van der Waals surface area contributed by atoms with Crippen molar-refractivity contribution in [3.63, 3.8) is 0 Å². The van der Waals surface area contributed by atoms with Crippen molar-refractivity contribution in [2.45, 2.75) is 25.6 Å². The molecule has 1 fully saturated rings. The van der Waals surface area contributed by atoms with Crippen molar-refractivity contribution in [3.8, 4) is 5.69 Å². The second-order valence-corrected chi connectivity index (χ2v) is 9.27. The molecule has 0 aliphatic carbocycles. The second-order valence-electron chi connectivity index (χ2n) is 8.87. The minimum Gasteiger partial charge on any atom is -0.369 e. The van der Waals surface area contributed by atoms with Crippen LogP contribution in [0.15, 0.2) is 73.3 Å². The van der Waals surface area contributed by atoms with Gasteiger partial charge in [0.15, 0.2) is 6.23 Å². The average Bonchev–Trinajstić information content (AvgIpc) is 3.67. The number of hydrogen-bond acceptors (Lipinski definition) is 7. The number of anilines is 3. The molecule has 2 aromatic carbocycles. The van der Waals surface area contributed by atoms with Crippen molar-refractivity contribution >= 4 is 28.7 Å². The topological polar surface area (TPSA) is 95.2 Å². The summed E-state index contributed by atoms with van der Waals surface area (Å²) in [7, 11) is 0. The van der Waals surface area contributed by atoms with E-state index in [1.54, 1.807) is 17.1 Å². The van der Waals surface area contributed by atoms with Crippen LogP contribution < -0.4 is 16.0 Å². The maximum Gasteiger partial charge on any atom is 0.150 e. The molecule has 2 aromatic heterocycles. The fourth-order valence-electron chi connectivity index (χ4n) is 4.29. The van der Waals surface area contributed by atoms with Crippen LogP contribution >= 0.6 is 11.6 Å². The third-order valence-electron chi connectivity index (χ3n) is 6.26. The largest absolute Gasteiger partial charge is 0.369 e. The van der Waals surface area contributed by atoms with Crippen LogP contribution in [0.5, 0.6) is 0 Å². The van der Waals surface area contributed by atoms with Crippen LogP contribution in [0.3, 0.4) is 0 Å². The van der Waals surface area contributed by atoms with E-state index in [1.807, 2.05) is 65.6 Å². The van der Waals surface area contributed by atoms with Crippen LogP contribution in [0, 0.1) is 0 Å². The lowest BCUT2D eigenvalue weighted by atomic mass is 10.1. The standard InChI is InChI=1S/C26H31ClN8O/c27-24-8-1-2-9-25(24)29-19-28-21-15-31-35(18-21)23-7-5-6-20(14-23)26(36)32-22-16-30-34(17-22)13-12-33-10-3-4-11-33/h1-2,5-9,14-18,26,28-29,32,36H,3-4,10-13,19H2. The number of aliphatic hydroxyl groups excluding tert-OH is 1. The molecule has 1 aliphatic rings. The van der Waals surface area contributed by atoms with Crippen molar-refractivity contribution in [2.24, 2.45) is 0 Å². The van der Waals surface area contributed by atoms with Crippen molar-refractivity contribution in [2.75, 3.05) is 42.3 Å². The Balaban J connectivity index is 1.15. The summed E-state index contributed by atoms with van der Waals surface area (Å²) in [5, 5.41) is 30.0. The summed E-state index contributed by atoms with van der Waals surface area (Å²) in [6, 6.07) is 15.3. The molecule has 0 spiro atoms. The summed E-state index contributed by atoms with van der Waals surface area (Å²) >= 11 is 6.18. The van der Waals surface area contributed by atoms with Gasteiger partial charge in [-0.05, 0) is 50.2 Å². The Morgan fingerprint density at radius 3 is 2.61 bits per heavy atom. The fourth-order valence-corrected chi connectivity index (χ4v) is 4.49. The zero-order valence-electron chi connectivity index (χ0n) is 20.0. The molecular weight excluding hydrogens is 476 g/mol. The second kappa shape index (κ2) is 11.5. The van der Waals surface area contributed by atoms with Crippen molar-refractivity contribution in [1.29, 1.82) is 0 Å². The third kappa shape index (κ3) is 6.17. The molecule has 0 bridgehead atoms.